The van der Waals surface area contributed by atoms with Crippen LogP contribution in [0.1, 0.15) is 15.9 Å². The number of amides is 3. The number of hydrogen-bond donors (Lipinski definition) is 2. The molecule has 1 aliphatic heterocycles. The van der Waals surface area contributed by atoms with Crippen LogP contribution in [-0.2, 0) is 16.0 Å². The van der Waals surface area contributed by atoms with Crippen molar-refractivity contribution in [2.24, 2.45) is 0 Å². The van der Waals surface area contributed by atoms with Crippen molar-refractivity contribution >= 4 is 63.9 Å². The van der Waals surface area contributed by atoms with Crippen molar-refractivity contribution < 1.29 is 23.9 Å². The summed E-state index contributed by atoms with van der Waals surface area (Å²) < 4.78 is 10.6. The zero-order valence-corrected chi connectivity index (χ0v) is 22.6. The van der Waals surface area contributed by atoms with E-state index in [1.165, 1.54) is 18.2 Å². The van der Waals surface area contributed by atoms with Crippen LogP contribution < -0.4 is 25.0 Å². The van der Waals surface area contributed by atoms with Crippen molar-refractivity contribution in [1.82, 2.24) is 5.32 Å². The normalized spacial score (nSPS) is 13.1. The number of carbonyl (C=O) groups excluding carboxylic acids is 3. The van der Waals surface area contributed by atoms with Crippen molar-refractivity contribution in [2.45, 2.75) is 6.42 Å². The van der Waals surface area contributed by atoms with E-state index in [9.17, 15) is 14.4 Å². The molecular formula is C27H22Cl3N3O5. The highest BCUT2D eigenvalue weighted by Gasteiger charge is 2.39. The van der Waals surface area contributed by atoms with Crippen LogP contribution in [0.2, 0.25) is 10.0 Å². The molecule has 0 saturated heterocycles. The van der Waals surface area contributed by atoms with Crippen molar-refractivity contribution in [2.75, 3.05) is 31.0 Å². The average Bonchev–Trinajstić information content (AvgIpc) is 3.13. The molecule has 0 aromatic heterocycles. The Morgan fingerprint density at radius 2 is 1.63 bits per heavy atom. The summed E-state index contributed by atoms with van der Waals surface area (Å²) in [5.74, 6) is -0.437. The summed E-state index contributed by atoms with van der Waals surface area (Å²) in [7, 11) is 3.13. The van der Waals surface area contributed by atoms with Crippen LogP contribution in [-0.4, -0.2) is 38.5 Å². The van der Waals surface area contributed by atoms with Gasteiger partial charge in [-0.05, 0) is 60.5 Å². The molecule has 1 aliphatic rings. The predicted octanol–water partition coefficient (Wildman–Crippen LogP) is 5.42. The van der Waals surface area contributed by atoms with Crippen LogP contribution in [0.25, 0.3) is 0 Å². The summed E-state index contributed by atoms with van der Waals surface area (Å²) in [6.45, 7) is 0.383. The first-order chi connectivity index (χ1) is 18.2. The van der Waals surface area contributed by atoms with E-state index >= 15 is 0 Å². The Kier molecular flexibility index (Phi) is 8.46. The number of ether oxygens (including phenoxy) is 2. The predicted molar refractivity (Wildman–Crippen MR) is 147 cm³/mol. The number of carbonyl (C=O) groups is 3. The number of methoxy groups -OCH3 is 2. The molecule has 8 nitrogen and oxygen atoms in total. The lowest BCUT2D eigenvalue weighted by Gasteiger charge is -2.16. The van der Waals surface area contributed by atoms with Crippen LogP contribution in [0.4, 0.5) is 11.4 Å². The molecule has 1 heterocycles. The summed E-state index contributed by atoms with van der Waals surface area (Å²) in [4.78, 5) is 39.4. The number of hydrogen-bond acceptors (Lipinski definition) is 6. The van der Waals surface area contributed by atoms with Gasteiger partial charge < -0.3 is 20.1 Å². The van der Waals surface area contributed by atoms with Gasteiger partial charge in [0.2, 0.25) is 0 Å². The fourth-order valence-corrected chi connectivity index (χ4v) is 4.32. The molecule has 3 aromatic carbocycles. The number of anilines is 2. The van der Waals surface area contributed by atoms with E-state index in [4.69, 9.17) is 44.3 Å². The summed E-state index contributed by atoms with van der Waals surface area (Å²) in [5, 5.41) is 5.92. The Bertz CT molecular complexity index is 1460. The molecule has 4 rings (SSSR count). The van der Waals surface area contributed by atoms with Crippen molar-refractivity contribution in [3.05, 3.63) is 92.6 Å². The van der Waals surface area contributed by atoms with E-state index < -0.39 is 11.8 Å². The highest BCUT2D eigenvalue weighted by molar-refractivity contribution is 6.53. The highest BCUT2D eigenvalue weighted by Crippen LogP contribution is 2.33. The van der Waals surface area contributed by atoms with Crippen LogP contribution >= 0.6 is 34.8 Å². The maximum Gasteiger partial charge on any atom is 0.283 e. The first kappa shape index (κ1) is 27.3. The van der Waals surface area contributed by atoms with Gasteiger partial charge >= 0.3 is 0 Å². The fourth-order valence-electron chi connectivity index (χ4n) is 3.81. The molecule has 3 amide bonds. The summed E-state index contributed by atoms with van der Waals surface area (Å²) >= 11 is 18.2. The molecule has 0 atom stereocenters. The zero-order valence-electron chi connectivity index (χ0n) is 20.3. The SMILES string of the molecule is COc1ccc(CCNC(=O)c2cccc(NC3=C(Cl)C(=O)N(c4ccc(Cl)c(Cl)c4)C3=O)c2)cc1OC. The summed E-state index contributed by atoms with van der Waals surface area (Å²) in [5.41, 5.74) is 1.84. The molecule has 196 valence electrons. The van der Waals surface area contributed by atoms with E-state index in [1.54, 1.807) is 38.5 Å². The van der Waals surface area contributed by atoms with Crippen LogP contribution in [0, 0.1) is 0 Å². The topological polar surface area (TPSA) is 97.0 Å². The second kappa shape index (κ2) is 11.8. The molecule has 0 saturated carbocycles. The van der Waals surface area contributed by atoms with Crippen molar-refractivity contribution in [1.29, 1.82) is 0 Å². The molecule has 0 radical (unpaired) electrons. The summed E-state index contributed by atoms with van der Waals surface area (Å²) in [6.07, 6.45) is 0.577. The quantitative estimate of drug-likeness (QED) is 0.331. The largest absolute Gasteiger partial charge is 0.493 e. The second-order valence-corrected chi connectivity index (χ2v) is 9.33. The number of nitrogens with one attached hydrogen (secondary N) is 2. The molecule has 2 N–H and O–H groups in total. The molecule has 3 aromatic rings. The number of imide groups is 1. The molecule has 0 spiro atoms. The summed E-state index contributed by atoms with van der Waals surface area (Å²) in [6, 6.07) is 16.4. The molecule has 0 fully saturated rings. The first-order valence-electron chi connectivity index (χ1n) is 11.3. The van der Waals surface area contributed by atoms with E-state index in [2.05, 4.69) is 10.6 Å². The molecular weight excluding hydrogens is 553 g/mol. The minimum atomic E-state index is -0.707. The van der Waals surface area contributed by atoms with Gasteiger partial charge in [0.15, 0.2) is 11.5 Å². The van der Waals surface area contributed by atoms with Crippen molar-refractivity contribution in [3.63, 3.8) is 0 Å². The third kappa shape index (κ3) is 5.72. The smallest absolute Gasteiger partial charge is 0.283 e. The van der Waals surface area contributed by atoms with Gasteiger partial charge in [-0.25, -0.2) is 4.90 Å². The van der Waals surface area contributed by atoms with Crippen LogP contribution in [0.5, 0.6) is 11.5 Å². The molecule has 0 unspecified atom stereocenters. The fraction of sp³-hybridized carbons (Fsp3) is 0.148. The van der Waals surface area contributed by atoms with E-state index in [1.807, 2.05) is 18.2 Å². The molecule has 11 heteroatoms. The van der Waals surface area contributed by atoms with E-state index in [0.29, 0.717) is 35.7 Å². The molecule has 38 heavy (non-hydrogen) atoms. The maximum absolute atomic E-state index is 13.0. The van der Waals surface area contributed by atoms with Crippen LogP contribution in [0.3, 0.4) is 0 Å². The Morgan fingerprint density at radius 3 is 2.34 bits per heavy atom. The van der Waals surface area contributed by atoms with Crippen molar-refractivity contribution in [3.8, 4) is 11.5 Å². The van der Waals surface area contributed by atoms with Gasteiger partial charge in [0.25, 0.3) is 17.7 Å². The highest BCUT2D eigenvalue weighted by atomic mass is 35.5. The minimum absolute atomic E-state index is 0.117. The third-order valence-electron chi connectivity index (χ3n) is 5.73. The van der Waals surface area contributed by atoms with Gasteiger partial charge in [-0.15, -0.1) is 0 Å². The van der Waals surface area contributed by atoms with E-state index in [0.717, 1.165) is 10.5 Å². The van der Waals surface area contributed by atoms with Crippen LogP contribution in [0.15, 0.2) is 71.4 Å². The van der Waals surface area contributed by atoms with Gasteiger partial charge in [0, 0.05) is 17.8 Å². The Balaban J connectivity index is 1.42. The monoisotopic (exact) mass is 573 g/mol. The minimum Gasteiger partial charge on any atom is -0.493 e. The Labute approximate surface area is 234 Å². The molecule has 0 aliphatic carbocycles. The number of benzene rings is 3. The molecule has 0 bridgehead atoms. The Hall–Kier alpha value is -3.72. The first-order valence-corrected chi connectivity index (χ1v) is 12.5. The third-order valence-corrected chi connectivity index (χ3v) is 6.82. The lowest BCUT2D eigenvalue weighted by atomic mass is 10.1. The van der Waals surface area contributed by atoms with Gasteiger partial charge in [-0.1, -0.05) is 46.9 Å². The zero-order chi connectivity index (χ0) is 27.4. The van der Waals surface area contributed by atoms with E-state index in [-0.39, 0.29) is 32.4 Å². The Morgan fingerprint density at radius 1 is 0.868 bits per heavy atom. The number of nitrogens with zero attached hydrogens (tertiary/aromatic N) is 1. The second-order valence-electron chi connectivity index (χ2n) is 8.13. The maximum atomic E-state index is 13.0. The lowest BCUT2D eigenvalue weighted by molar-refractivity contribution is -0.120. The standard InChI is InChI=1S/C27H22Cl3N3O5/c1-37-21-9-6-15(12-22(21)38-2)10-11-31-25(34)16-4-3-5-17(13-16)32-24-23(30)26(35)33(27(24)36)18-7-8-19(28)20(29)14-18/h3-9,12-14,32H,10-11H2,1-2H3,(H,31,34). The van der Waals surface area contributed by atoms with Gasteiger partial charge in [0.1, 0.15) is 10.7 Å². The van der Waals surface area contributed by atoms with Gasteiger partial charge in [-0.2, -0.15) is 0 Å². The average molecular weight is 575 g/mol. The number of halogens is 3. The van der Waals surface area contributed by atoms with Gasteiger partial charge in [-0.3, -0.25) is 14.4 Å². The lowest BCUT2D eigenvalue weighted by Crippen LogP contribution is -2.32. The number of rotatable bonds is 9. The van der Waals surface area contributed by atoms with Gasteiger partial charge in [0.05, 0.1) is 30.0 Å².